The van der Waals surface area contributed by atoms with Crippen LogP contribution in [0.4, 0.5) is 17.6 Å². The van der Waals surface area contributed by atoms with Crippen LogP contribution < -0.4 is 21.3 Å². The van der Waals surface area contributed by atoms with Gasteiger partial charge < -0.3 is 14.8 Å². The van der Waals surface area contributed by atoms with Gasteiger partial charge in [-0.3, -0.25) is 14.2 Å². The van der Waals surface area contributed by atoms with Crippen molar-refractivity contribution >= 4 is 11.9 Å². The molecule has 1 amide bonds. The molecular weight excluding hydrogens is 454 g/mol. The Bertz CT molecular complexity index is 1200. The van der Waals surface area contributed by atoms with Crippen LogP contribution in [0.15, 0.2) is 27.8 Å². The van der Waals surface area contributed by atoms with E-state index >= 15 is 0 Å². The largest absolute Gasteiger partial charge is 0.481 e. The molecule has 2 unspecified atom stereocenters. The van der Waals surface area contributed by atoms with Crippen LogP contribution >= 0.6 is 0 Å². The van der Waals surface area contributed by atoms with Crippen molar-refractivity contribution in [2.75, 3.05) is 7.11 Å². The van der Waals surface area contributed by atoms with Crippen molar-refractivity contribution in [2.45, 2.75) is 39.1 Å². The molecule has 1 N–H and O–H groups in total. The predicted molar refractivity (Wildman–Crippen MR) is 107 cm³/mol. The van der Waals surface area contributed by atoms with Crippen molar-refractivity contribution in [1.29, 1.82) is 0 Å². The summed E-state index contributed by atoms with van der Waals surface area (Å²) >= 11 is 0. The molecule has 9 nitrogen and oxygen atoms in total. The standard InChI is InChI=1S/C20H21F4N3O6/c1-9-6-12(21)13(27-16(28)8-15(20(22,23)24)26(4)19(27)31)7-14(9)33-11(3)17(29)25-10(2)18(30)32-5/h6-8,10-11H,1-5H3,(H,25,29). The Morgan fingerprint density at radius 3 is 2.27 bits per heavy atom. The maximum Gasteiger partial charge on any atom is 0.431 e. The summed E-state index contributed by atoms with van der Waals surface area (Å²) in [4.78, 5) is 48.5. The molecule has 0 saturated heterocycles. The summed E-state index contributed by atoms with van der Waals surface area (Å²) in [5.41, 5.74) is -4.82. The maximum absolute atomic E-state index is 14.6. The Morgan fingerprint density at radius 1 is 1.12 bits per heavy atom. The van der Waals surface area contributed by atoms with E-state index in [2.05, 4.69) is 10.1 Å². The van der Waals surface area contributed by atoms with Crippen molar-refractivity contribution in [2.24, 2.45) is 7.05 Å². The summed E-state index contributed by atoms with van der Waals surface area (Å²) < 4.78 is 64.2. The summed E-state index contributed by atoms with van der Waals surface area (Å²) in [5, 5.41) is 2.35. The molecule has 0 aliphatic rings. The molecule has 180 valence electrons. The summed E-state index contributed by atoms with van der Waals surface area (Å²) in [6.45, 7) is 4.12. The zero-order valence-corrected chi connectivity index (χ0v) is 18.2. The van der Waals surface area contributed by atoms with Gasteiger partial charge in [0.15, 0.2) is 6.10 Å². The van der Waals surface area contributed by atoms with Crippen molar-refractivity contribution in [3.63, 3.8) is 0 Å². The van der Waals surface area contributed by atoms with Gasteiger partial charge in [-0.2, -0.15) is 13.2 Å². The number of esters is 1. The minimum atomic E-state index is -4.98. The predicted octanol–water partition coefficient (Wildman–Crippen LogP) is 1.45. The average Bonchev–Trinajstić information content (AvgIpc) is 2.71. The number of aryl methyl sites for hydroxylation is 1. The Balaban J connectivity index is 2.48. The molecule has 2 atom stereocenters. The van der Waals surface area contributed by atoms with Gasteiger partial charge in [0.25, 0.3) is 11.5 Å². The maximum atomic E-state index is 14.6. The minimum absolute atomic E-state index is 0.117. The number of methoxy groups -OCH3 is 1. The van der Waals surface area contributed by atoms with Gasteiger partial charge in [-0.05, 0) is 32.4 Å². The van der Waals surface area contributed by atoms with Crippen LogP contribution in [0.5, 0.6) is 5.75 Å². The molecule has 0 fully saturated rings. The highest BCUT2D eigenvalue weighted by Crippen LogP contribution is 2.28. The van der Waals surface area contributed by atoms with Crippen LogP contribution in [-0.4, -0.2) is 40.3 Å². The molecule has 0 bridgehead atoms. The van der Waals surface area contributed by atoms with Crippen LogP contribution in [0.3, 0.4) is 0 Å². The minimum Gasteiger partial charge on any atom is -0.481 e. The highest BCUT2D eigenvalue weighted by Gasteiger charge is 2.35. The van der Waals surface area contributed by atoms with E-state index < -0.39 is 58.6 Å². The molecule has 2 aromatic rings. The van der Waals surface area contributed by atoms with Crippen molar-refractivity contribution in [3.8, 4) is 11.4 Å². The van der Waals surface area contributed by atoms with Crippen molar-refractivity contribution in [1.82, 2.24) is 14.5 Å². The lowest BCUT2D eigenvalue weighted by molar-refractivity contribution is -0.145. The fraction of sp³-hybridized carbons (Fsp3) is 0.400. The SMILES string of the molecule is COC(=O)C(C)NC(=O)C(C)Oc1cc(-n2c(=O)cc(C(F)(F)F)n(C)c2=O)c(F)cc1C. The van der Waals surface area contributed by atoms with Crippen LogP contribution in [0.25, 0.3) is 5.69 Å². The van der Waals surface area contributed by atoms with Crippen LogP contribution in [0.1, 0.15) is 25.1 Å². The Kier molecular flexibility index (Phi) is 7.35. The third-order valence-corrected chi connectivity index (χ3v) is 4.68. The van der Waals surface area contributed by atoms with Crippen molar-refractivity contribution < 1.29 is 36.6 Å². The third kappa shape index (κ3) is 5.41. The highest BCUT2D eigenvalue weighted by molar-refractivity contribution is 5.86. The second-order valence-corrected chi connectivity index (χ2v) is 7.13. The molecule has 1 heterocycles. The van der Waals surface area contributed by atoms with E-state index in [4.69, 9.17) is 4.74 Å². The number of benzene rings is 1. The molecule has 13 heteroatoms. The summed E-state index contributed by atoms with van der Waals surface area (Å²) in [6.07, 6.45) is -6.18. The molecule has 0 spiro atoms. The van der Waals surface area contributed by atoms with E-state index in [0.29, 0.717) is 0 Å². The fourth-order valence-electron chi connectivity index (χ4n) is 2.87. The van der Waals surface area contributed by atoms with E-state index in [1.165, 1.54) is 20.8 Å². The first-order valence-corrected chi connectivity index (χ1v) is 9.44. The monoisotopic (exact) mass is 475 g/mol. The lowest BCUT2D eigenvalue weighted by Crippen LogP contribution is -2.45. The number of halogens is 4. The van der Waals surface area contributed by atoms with E-state index in [9.17, 15) is 36.7 Å². The molecule has 0 aliphatic carbocycles. The quantitative estimate of drug-likeness (QED) is 0.501. The number of ether oxygens (including phenoxy) is 2. The van der Waals surface area contributed by atoms with E-state index in [-0.39, 0.29) is 26.5 Å². The number of hydrogen-bond acceptors (Lipinski definition) is 6. The van der Waals surface area contributed by atoms with E-state index in [0.717, 1.165) is 26.3 Å². The van der Waals surface area contributed by atoms with Crippen molar-refractivity contribution in [3.05, 3.63) is 56.1 Å². The smallest absolute Gasteiger partial charge is 0.431 e. The van der Waals surface area contributed by atoms with Crippen LogP contribution in [-0.2, 0) is 27.5 Å². The molecule has 1 aromatic heterocycles. The summed E-state index contributed by atoms with van der Waals surface area (Å²) in [7, 11) is 1.93. The number of rotatable bonds is 6. The molecule has 0 aliphatic heterocycles. The van der Waals surface area contributed by atoms with E-state index in [1.54, 1.807) is 0 Å². The van der Waals surface area contributed by atoms with Gasteiger partial charge >= 0.3 is 17.8 Å². The number of aromatic nitrogens is 2. The highest BCUT2D eigenvalue weighted by atomic mass is 19.4. The van der Waals surface area contributed by atoms with Crippen LogP contribution in [0.2, 0.25) is 0 Å². The van der Waals surface area contributed by atoms with Gasteiger partial charge in [0.2, 0.25) is 0 Å². The first-order valence-electron chi connectivity index (χ1n) is 9.44. The Morgan fingerprint density at radius 2 is 1.73 bits per heavy atom. The van der Waals surface area contributed by atoms with Gasteiger partial charge in [-0.25, -0.2) is 18.5 Å². The molecule has 2 rings (SSSR count). The second-order valence-electron chi connectivity index (χ2n) is 7.13. The Labute approximate surface area is 184 Å². The normalized spacial score (nSPS) is 13.2. The van der Waals surface area contributed by atoms with Gasteiger partial charge in [0, 0.05) is 19.2 Å². The molecular formula is C20H21F4N3O6. The zero-order valence-electron chi connectivity index (χ0n) is 18.2. The Hall–Kier alpha value is -3.64. The number of alkyl halides is 3. The fourth-order valence-corrected chi connectivity index (χ4v) is 2.87. The number of carbonyl (C=O) groups excluding carboxylic acids is 2. The average molecular weight is 475 g/mol. The molecule has 0 saturated carbocycles. The molecule has 1 aromatic carbocycles. The van der Waals surface area contributed by atoms with Gasteiger partial charge in [-0.15, -0.1) is 0 Å². The third-order valence-electron chi connectivity index (χ3n) is 4.68. The lowest BCUT2D eigenvalue weighted by atomic mass is 10.2. The zero-order chi connectivity index (χ0) is 25.2. The topological polar surface area (TPSA) is 109 Å². The number of carbonyl (C=O) groups is 2. The van der Waals surface area contributed by atoms with E-state index in [1.807, 2.05) is 0 Å². The van der Waals surface area contributed by atoms with Gasteiger partial charge in [0.1, 0.15) is 23.3 Å². The summed E-state index contributed by atoms with van der Waals surface area (Å²) in [6, 6.07) is 1.02. The number of amides is 1. The lowest BCUT2D eigenvalue weighted by Gasteiger charge is -2.20. The summed E-state index contributed by atoms with van der Waals surface area (Å²) in [5.74, 6) is -2.61. The number of hydrogen-bond donors (Lipinski definition) is 1. The number of nitrogens with zero attached hydrogens (tertiary/aromatic N) is 2. The van der Waals surface area contributed by atoms with Gasteiger partial charge in [0.05, 0.1) is 12.8 Å². The first-order chi connectivity index (χ1) is 15.2. The molecule has 0 radical (unpaired) electrons. The van der Waals surface area contributed by atoms with Crippen LogP contribution in [0, 0.1) is 12.7 Å². The van der Waals surface area contributed by atoms with Gasteiger partial charge in [-0.1, -0.05) is 0 Å². The first kappa shape index (κ1) is 25.6. The molecule has 33 heavy (non-hydrogen) atoms. The second kappa shape index (κ2) is 9.46. The number of nitrogens with one attached hydrogen (secondary N) is 1.